The summed E-state index contributed by atoms with van der Waals surface area (Å²) >= 11 is 23.5. The molecule has 3 aromatic rings. The largest absolute Gasteiger partial charge is 0.332 e. The van der Waals surface area contributed by atoms with Crippen molar-refractivity contribution in [3.05, 3.63) is 68.9 Å². The third-order valence-electron chi connectivity index (χ3n) is 3.54. The molecule has 0 bridgehead atoms. The summed E-state index contributed by atoms with van der Waals surface area (Å²) in [6, 6.07) is 10.9. The first-order valence-electron chi connectivity index (χ1n) is 7.58. The van der Waals surface area contributed by atoms with Crippen LogP contribution in [0.2, 0.25) is 15.1 Å². The number of benzene rings is 2. The number of anilines is 2. The lowest BCUT2D eigenvalue weighted by Gasteiger charge is -2.09. The highest BCUT2D eigenvalue weighted by molar-refractivity contribution is 7.80. The van der Waals surface area contributed by atoms with Crippen molar-refractivity contribution in [3.8, 4) is 0 Å². The van der Waals surface area contributed by atoms with Gasteiger partial charge in [-0.1, -0.05) is 46.9 Å². The summed E-state index contributed by atoms with van der Waals surface area (Å²) in [5, 5.41) is 12.5. The molecule has 0 aliphatic carbocycles. The molecule has 5 nitrogen and oxygen atoms in total. The molecule has 0 spiro atoms. The Morgan fingerprint density at radius 3 is 2.62 bits per heavy atom. The van der Waals surface area contributed by atoms with E-state index in [4.69, 9.17) is 47.0 Å². The van der Waals surface area contributed by atoms with Crippen molar-refractivity contribution in [2.75, 3.05) is 10.6 Å². The van der Waals surface area contributed by atoms with Crippen LogP contribution in [0.3, 0.4) is 0 Å². The van der Waals surface area contributed by atoms with Crippen LogP contribution < -0.4 is 10.6 Å². The summed E-state index contributed by atoms with van der Waals surface area (Å²) in [5.74, 6) is 0.380. The molecule has 2 N–H and O–H groups in total. The second kappa shape index (κ2) is 8.22. The van der Waals surface area contributed by atoms with E-state index in [0.717, 1.165) is 16.8 Å². The SMILES string of the molecule is Cc1ccc(NC(=S)Nc2ncn(Cc3ccc(Cl)cc3Cl)n2)cc1Cl. The lowest BCUT2D eigenvalue weighted by Crippen LogP contribution is -2.20. The molecular formula is C17H14Cl3N5S. The van der Waals surface area contributed by atoms with Gasteiger partial charge in [0.1, 0.15) is 6.33 Å². The molecular weight excluding hydrogens is 413 g/mol. The van der Waals surface area contributed by atoms with Crippen LogP contribution in [0.4, 0.5) is 11.6 Å². The molecule has 0 saturated heterocycles. The van der Waals surface area contributed by atoms with Gasteiger partial charge in [-0.15, -0.1) is 5.10 Å². The van der Waals surface area contributed by atoms with Crippen molar-refractivity contribution < 1.29 is 0 Å². The summed E-state index contributed by atoms with van der Waals surface area (Å²) in [6.45, 7) is 2.41. The maximum absolute atomic E-state index is 6.18. The molecule has 3 rings (SSSR count). The summed E-state index contributed by atoms with van der Waals surface area (Å²) in [4.78, 5) is 4.19. The van der Waals surface area contributed by atoms with Gasteiger partial charge >= 0.3 is 0 Å². The molecule has 9 heteroatoms. The number of aryl methyl sites for hydroxylation is 1. The lowest BCUT2D eigenvalue weighted by molar-refractivity contribution is 0.687. The highest BCUT2D eigenvalue weighted by Crippen LogP contribution is 2.22. The minimum atomic E-state index is 0.368. The molecule has 0 atom stereocenters. The molecule has 26 heavy (non-hydrogen) atoms. The molecule has 0 saturated carbocycles. The Hall–Kier alpha value is -1.86. The van der Waals surface area contributed by atoms with Crippen molar-refractivity contribution in [1.82, 2.24) is 14.8 Å². The fraction of sp³-hybridized carbons (Fsp3) is 0.118. The number of hydrogen-bond donors (Lipinski definition) is 2. The van der Waals surface area contributed by atoms with Crippen molar-refractivity contribution in [2.24, 2.45) is 0 Å². The third kappa shape index (κ3) is 4.86. The highest BCUT2D eigenvalue weighted by atomic mass is 35.5. The monoisotopic (exact) mass is 425 g/mol. The molecule has 0 radical (unpaired) electrons. The molecule has 0 unspecified atom stereocenters. The van der Waals surface area contributed by atoms with Gasteiger partial charge < -0.3 is 5.32 Å². The van der Waals surface area contributed by atoms with Gasteiger partial charge in [0, 0.05) is 20.8 Å². The Morgan fingerprint density at radius 1 is 1.08 bits per heavy atom. The van der Waals surface area contributed by atoms with E-state index in [-0.39, 0.29) is 0 Å². The van der Waals surface area contributed by atoms with E-state index in [2.05, 4.69) is 20.7 Å². The molecule has 1 heterocycles. The van der Waals surface area contributed by atoms with Crippen LogP contribution >= 0.6 is 47.0 Å². The first-order chi connectivity index (χ1) is 12.4. The summed E-state index contributed by atoms with van der Waals surface area (Å²) in [6.07, 6.45) is 1.60. The zero-order valence-corrected chi connectivity index (χ0v) is 16.7. The first-order valence-corrected chi connectivity index (χ1v) is 9.12. The van der Waals surface area contributed by atoms with Gasteiger partial charge in [0.05, 0.1) is 6.54 Å². The summed E-state index contributed by atoms with van der Waals surface area (Å²) in [7, 11) is 0. The maximum atomic E-state index is 6.18. The Morgan fingerprint density at radius 2 is 1.88 bits per heavy atom. The van der Waals surface area contributed by atoms with Gasteiger partial charge in [-0.25, -0.2) is 9.67 Å². The number of rotatable bonds is 4. The number of nitrogens with zero attached hydrogens (tertiary/aromatic N) is 3. The van der Waals surface area contributed by atoms with Gasteiger partial charge in [0.15, 0.2) is 5.11 Å². The average Bonchev–Trinajstić information content (AvgIpc) is 3.00. The second-order valence-corrected chi connectivity index (χ2v) is 7.20. The minimum absolute atomic E-state index is 0.368. The quantitative estimate of drug-likeness (QED) is 0.547. The Balaban J connectivity index is 1.62. The Labute approximate surface area is 171 Å². The van der Waals surface area contributed by atoms with E-state index in [0.29, 0.717) is 32.7 Å². The van der Waals surface area contributed by atoms with Crippen LogP contribution in [0.5, 0.6) is 0 Å². The maximum Gasteiger partial charge on any atom is 0.248 e. The molecule has 0 fully saturated rings. The highest BCUT2D eigenvalue weighted by Gasteiger charge is 2.07. The van der Waals surface area contributed by atoms with Gasteiger partial charge in [-0.05, 0) is 54.5 Å². The molecule has 0 amide bonds. The molecule has 1 aromatic heterocycles. The fourth-order valence-corrected chi connectivity index (χ4v) is 3.04. The van der Waals surface area contributed by atoms with E-state index in [1.54, 1.807) is 29.2 Å². The second-order valence-electron chi connectivity index (χ2n) is 5.54. The number of aromatic nitrogens is 3. The smallest absolute Gasteiger partial charge is 0.248 e. The number of nitrogens with one attached hydrogen (secondary N) is 2. The number of halogens is 3. The van der Waals surface area contributed by atoms with Crippen LogP contribution in [0.25, 0.3) is 0 Å². The zero-order valence-electron chi connectivity index (χ0n) is 13.6. The van der Waals surface area contributed by atoms with Gasteiger partial charge in [0.25, 0.3) is 0 Å². The van der Waals surface area contributed by atoms with E-state index < -0.39 is 0 Å². The molecule has 0 aliphatic heterocycles. The fourth-order valence-electron chi connectivity index (χ4n) is 2.19. The minimum Gasteiger partial charge on any atom is -0.332 e. The van der Waals surface area contributed by atoms with Crippen LogP contribution in [-0.4, -0.2) is 19.9 Å². The Kier molecular flexibility index (Phi) is 5.98. The van der Waals surface area contributed by atoms with Crippen LogP contribution in [0, 0.1) is 6.92 Å². The Bertz CT molecular complexity index is 957. The molecule has 2 aromatic carbocycles. The number of hydrogen-bond acceptors (Lipinski definition) is 3. The predicted octanol–water partition coefficient (Wildman–Crippen LogP) is 5.40. The normalized spacial score (nSPS) is 10.6. The van der Waals surface area contributed by atoms with Gasteiger partial charge in [-0.3, -0.25) is 5.32 Å². The summed E-state index contributed by atoms with van der Waals surface area (Å²) in [5.41, 5.74) is 2.67. The standard InChI is InChI=1S/C17H14Cl3N5S/c1-10-2-5-13(7-14(10)19)22-17(26)23-16-21-9-25(24-16)8-11-3-4-12(18)6-15(11)20/h2-7,9H,8H2,1H3,(H2,22,23,24,26). The van der Waals surface area contributed by atoms with Crippen LogP contribution in [0.15, 0.2) is 42.7 Å². The van der Waals surface area contributed by atoms with E-state index in [1.165, 1.54) is 0 Å². The van der Waals surface area contributed by atoms with Crippen molar-refractivity contribution in [2.45, 2.75) is 13.5 Å². The van der Waals surface area contributed by atoms with E-state index in [1.807, 2.05) is 25.1 Å². The third-order valence-corrected chi connectivity index (χ3v) is 4.74. The van der Waals surface area contributed by atoms with E-state index in [9.17, 15) is 0 Å². The van der Waals surface area contributed by atoms with Gasteiger partial charge in [0.2, 0.25) is 5.95 Å². The summed E-state index contributed by atoms with van der Waals surface area (Å²) < 4.78 is 1.66. The van der Waals surface area contributed by atoms with Gasteiger partial charge in [-0.2, -0.15) is 0 Å². The zero-order chi connectivity index (χ0) is 18.7. The van der Waals surface area contributed by atoms with E-state index >= 15 is 0 Å². The lowest BCUT2D eigenvalue weighted by atomic mass is 10.2. The average molecular weight is 427 g/mol. The van der Waals surface area contributed by atoms with Crippen LogP contribution in [-0.2, 0) is 6.54 Å². The van der Waals surface area contributed by atoms with Crippen molar-refractivity contribution in [3.63, 3.8) is 0 Å². The number of thiocarbonyl (C=S) groups is 1. The first kappa shape index (κ1) is 18.9. The topological polar surface area (TPSA) is 54.8 Å². The molecule has 134 valence electrons. The van der Waals surface area contributed by atoms with Crippen LogP contribution in [0.1, 0.15) is 11.1 Å². The van der Waals surface area contributed by atoms with Crippen molar-refractivity contribution in [1.29, 1.82) is 0 Å². The predicted molar refractivity (Wildman–Crippen MR) is 112 cm³/mol. The molecule has 0 aliphatic rings. The van der Waals surface area contributed by atoms with Crippen molar-refractivity contribution >= 4 is 63.8 Å².